The SMILES string of the molecule is Cc1cc(OCCCC(=O)NCCN)cc(C)c1[SH](=O)=O. The smallest absolute Gasteiger partial charge is 0.220 e. The summed E-state index contributed by atoms with van der Waals surface area (Å²) in [5.41, 5.74) is 6.62. The molecular weight excluding hydrogens is 292 g/mol. The maximum absolute atomic E-state index is 11.4. The lowest BCUT2D eigenvalue weighted by Gasteiger charge is -2.10. The van der Waals surface area contributed by atoms with Gasteiger partial charge in [0.25, 0.3) is 0 Å². The van der Waals surface area contributed by atoms with E-state index < -0.39 is 10.7 Å². The molecule has 0 unspecified atom stereocenters. The highest BCUT2D eigenvalue weighted by atomic mass is 32.2. The number of nitrogens with one attached hydrogen (secondary N) is 1. The molecule has 0 heterocycles. The van der Waals surface area contributed by atoms with Gasteiger partial charge in [0.05, 0.1) is 11.5 Å². The zero-order chi connectivity index (χ0) is 15.8. The van der Waals surface area contributed by atoms with Crippen molar-refractivity contribution < 1.29 is 17.9 Å². The molecule has 21 heavy (non-hydrogen) atoms. The molecule has 1 rings (SSSR count). The van der Waals surface area contributed by atoms with Crippen molar-refractivity contribution in [3.63, 3.8) is 0 Å². The first-order valence-corrected chi connectivity index (χ1v) is 7.98. The Morgan fingerprint density at radius 1 is 1.29 bits per heavy atom. The largest absolute Gasteiger partial charge is 0.494 e. The molecule has 3 N–H and O–H groups in total. The molecule has 1 amide bonds. The number of nitrogens with two attached hydrogens (primary N) is 1. The van der Waals surface area contributed by atoms with Crippen LogP contribution in [0.1, 0.15) is 24.0 Å². The number of amides is 1. The van der Waals surface area contributed by atoms with Crippen molar-refractivity contribution in [2.45, 2.75) is 31.6 Å². The number of hydrogen-bond acceptors (Lipinski definition) is 5. The van der Waals surface area contributed by atoms with E-state index in [4.69, 9.17) is 10.5 Å². The molecule has 0 aliphatic rings. The Labute approximate surface area is 126 Å². The fraction of sp³-hybridized carbons (Fsp3) is 0.500. The van der Waals surface area contributed by atoms with E-state index in [0.717, 1.165) is 0 Å². The van der Waals surface area contributed by atoms with Crippen molar-refractivity contribution in [1.82, 2.24) is 5.32 Å². The van der Waals surface area contributed by atoms with Gasteiger partial charge in [-0.05, 0) is 43.5 Å². The summed E-state index contributed by atoms with van der Waals surface area (Å²) in [7, 11) is -2.60. The van der Waals surface area contributed by atoms with E-state index in [-0.39, 0.29) is 5.91 Å². The fourth-order valence-corrected chi connectivity index (χ4v) is 2.72. The van der Waals surface area contributed by atoms with Crippen molar-refractivity contribution in [1.29, 1.82) is 0 Å². The Morgan fingerprint density at radius 3 is 2.43 bits per heavy atom. The molecule has 1 aromatic rings. The van der Waals surface area contributed by atoms with Gasteiger partial charge in [-0.3, -0.25) is 4.79 Å². The van der Waals surface area contributed by atoms with E-state index in [2.05, 4.69) is 5.32 Å². The van der Waals surface area contributed by atoms with Gasteiger partial charge in [0.2, 0.25) is 5.91 Å². The second kappa shape index (κ2) is 8.63. The molecule has 0 bridgehead atoms. The lowest BCUT2D eigenvalue weighted by atomic mass is 10.1. The van der Waals surface area contributed by atoms with E-state index in [1.807, 2.05) is 0 Å². The molecule has 118 valence electrons. The highest BCUT2D eigenvalue weighted by Gasteiger charge is 2.08. The van der Waals surface area contributed by atoms with Crippen LogP contribution in [0.2, 0.25) is 0 Å². The molecule has 0 saturated carbocycles. The third-order valence-corrected chi connectivity index (χ3v) is 4.00. The van der Waals surface area contributed by atoms with Crippen LogP contribution < -0.4 is 15.8 Å². The Balaban J connectivity index is 2.48. The average molecular weight is 314 g/mol. The van der Waals surface area contributed by atoms with Crippen LogP contribution in [0.4, 0.5) is 0 Å². The maximum atomic E-state index is 11.4. The zero-order valence-corrected chi connectivity index (χ0v) is 13.2. The van der Waals surface area contributed by atoms with Gasteiger partial charge < -0.3 is 15.8 Å². The minimum absolute atomic E-state index is 0.0462. The first-order valence-electron chi connectivity index (χ1n) is 6.81. The normalized spacial score (nSPS) is 10.7. The quantitative estimate of drug-likeness (QED) is 0.480. The Kier molecular flexibility index (Phi) is 7.18. The van der Waals surface area contributed by atoms with Crippen molar-refractivity contribution in [3.8, 4) is 5.75 Å². The summed E-state index contributed by atoms with van der Waals surface area (Å²) in [6, 6.07) is 3.39. The third-order valence-electron chi connectivity index (χ3n) is 2.93. The molecule has 7 heteroatoms. The summed E-state index contributed by atoms with van der Waals surface area (Å²) < 4.78 is 27.8. The van der Waals surface area contributed by atoms with E-state index in [1.54, 1.807) is 26.0 Å². The Bertz CT molecular complexity index is 539. The van der Waals surface area contributed by atoms with Crippen LogP contribution in [0.3, 0.4) is 0 Å². The van der Waals surface area contributed by atoms with E-state index in [0.29, 0.717) is 54.3 Å². The topological polar surface area (TPSA) is 98.5 Å². The van der Waals surface area contributed by atoms with Gasteiger partial charge in [-0.2, -0.15) is 0 Å². The number of thiol groups is 1. The summed E-state index contributed by atoms with van der Waals surface area (Å²) in [6.07, 6.45) is 0.967. The van der Waals surface area contributed by atoms with Crippen LogP contribution in [-0.2, 0) is 15.5 Å². The van der Waals surface area contributed by atoms with Crippen LogP contribution in [0.15, 0.2) is 17.0 Å². The lowest BCUT2D eigenvalue weighted by molar-refractivity contribution is -0.121. The van der Waals surface area contributed by atoms with Crippen molar-refractivity contribution in [2.75, 3.05) is 19.7 Å². The maximum Gasteiger partial charge on any atom is 0.220 e. The van der Waals surface area contributed by atoms with E-state index >= 15 is 0 Å². The molecule has 0 radical (unpaired) electrons. The zero-order valence-electron chi connectivity index (χ0n) is 12.3. The van der Waals surface area contributed by atoms with Crippen molar-refractivity contribution >= 4 is 16.6 Å². The predicted octanol–water partition coefficient (Wildman–Crippen LogP) is 0.508. The number of aryl methyl sites for hydroxylation is 2. The van der Waals surface area contributed by atoms with Gasteiger partial charge in [-0.1, -0.05) is 0 Å². The number of carbonyl (C=O) groups excluding carboxylic acids is 1. The predicted molar refractivity (Wildman–Crippen MR) is 81.3 cm³/mol. The minimum atomic E-state index is -2.60. The van der Waals surface area contributed by atoms with Gasteiger partial charge in [0, 0.05) is 19.5 Å². The molecule has 0 aliphatic carbocycles. The first kappa shape index (κ1) is 17.5. The number of rotatable bonds is 8. The molecule has 0 atom stereocenters. The average Bonchev–Trinajstić information content (AvgIpc) is 2.40. The standard InChI is InChI=1S/C14H22N2O4S/c1-10-8-12(9-11(2)14(10)21(18)19)20-7-3-4-13(17)16-6-5-15/h8-9,21H,3-7,15H2,1-2H3,(H,16,17). The van der Waals surface area contributed by atoms with Gasteiger partial charge >= 0.3 is 0 Å². The first-order chi connectivity index (χ1) is 9.95. The highest BCUT2D eigenvalue weighted by Crippen LogP contribution is 2.23. The van der Waals surface area contributed by atoms with Crippen LogP contribution in [0, 0.1) is 13.8 Å². The fourth-order valence-electron chi connectivity index (χ4n) is 2.01. The summed E-state index contributed by atoms with van der Waals surface area (Å²) in [4.78, 5) is 11.7. The molecule has 0 saturated heterocycles. The number of hydrogen-bond donors (Lipinski definition) is 3. The molecule has 6 nitrogen and oxygen atoms in total. The summed E-state index contributed by atoms with van der Waals surface area (Å²) >= 11 is 0. The number of benzene rings is 1. The second-order valence-electron chi connectivity index (χ2n) is 4.75. The van der Waals surface area contributed by atoms with Crippen LogP contribution in [0.5, 0.6) is 5.75 Å². The molecule has 0 fully saturated rings. The van der Waals surface area contributed by atoms with Crippen LogP contribution in [0.25, 0.3) is 0 Å². The number of ether oxygens (including phenoxy) is 1. The molecule has 0 spiro atoms. The van der Waals surface area contributed by atoms with Gasteiger partial charge in [0.1, 0.15) is 5.75 Å². The van der Waals surface area contributed by atoms with Crippen molar-refractivity contribution in [3.05, 3.63) is 23.3 Å². The molecule has 1 aromatic carbocycles. The summed E-state index contributed by atoms with van der Waals surface area (Å²) in [5, 5.41) is 2.68. The summed E-state index contributed by atoms with van der Waals surface area (Å²) in [6.45, 7) is 4.78. The van der Waals surface area contributed by atoms with Crippen LogP contribution in [-0.4, -0.2) is 34.0 Å². The third kappa shape index (κ3) is 5.73. The monoisotopic (exact) mass is 314 g/mol. The summed E-state index contributed by atoms with van der Waals surface area (Å²) in [5.74, 6) is 0.572. The Morgan fingerprint density at radius 2 is 1.90 bits per heavy atom. The highest BCUT2D eigenvalue weighted by molar-refractivity contribution is 7.72. The molecular formula is C14H22N2O4S. The minimum Gasteiger partial charge on any atom is -0.494 e. The number of carbonyl (C=O) groups is 1. The van der Waals surface area contributed by atoms with Crippen LogP contribution >= 0.6 is 0 Å². The Hall–Kier alpha value is -1.60. The van der Waals surface area contributed by atoms with Gasteiger partial charge in [-0.25, -0.2) is 8.42 Å². The molecule has 0 aromatic heterocycles. The van der Waals surface area contributed by atoms with Gasteiger partial charge in [0.15, 0.2) is 10.7 Å². The van der Waals surface area contributed by atoms with Gasteiger partial charge in [-0.15, -0.1) is 0 Å². The molecule has 0 aliphatic heterocycles. The lowest BCUT2D eigenvalue weighted by Crippen LogP contribution is -2.29. The second-order valence-corrected chi connectivity index (χ2v) is 5.71. The van der Waals surface area contributed by atoms with Crippen molar-refractivity contribution in [2.24, 2.45) is 5.73 Å². The van der Waals surface area contributed by atoms with E-state index in [9.17, 15) is 13.2 Å². The van der Waals surface area contributed by atoms with E-state index in [1.165, 1.54) is 0 Å².